The SMILES string of the molecule is O=C1CCC(N2C(=O)c3ccc(N4CCN(CCN5CCC(O[C@H]6C[C@H](Oc7ccc(CN8C(=O)/C(=C/C=C/c9ccc([N+](=O)[O-])cc9)c9ccccc98)cc7)C6)CC5)CC4)cc3C2=O)C(=O)N1. The Bertz CT molecular complexity index is 2680. The van der Waals surface area contributed by atoms with Crippen LogP contribution < -0.4 is 19.9 Å². The lowest BCUT2D eigenvalue weighted by Gasteiger charge is -2.40. The number of nitro groups is 1. The van der Waals surface area contributed by atoms with Gasteiger partial charge in [0.05, 0.1) is 40.5 Å². The number of anilines is 2. The van der Waals surface area contributed by atoms with Gasteiger partial charge in [0.15, 0.2) is 0 Å². The number of fused-ring (bicyclic) bond motifs is 2. The first kappa shape index (κ1) is 44.8. The topological polar surface area (TPSA) is 175 Å². The molecule has 350 valence electrons. The Kier molecular flexibility index (Phi) is 12.7. The number of ether oxygens (including phenoxy) is 2. The lowest BCUT2D eigenvalue weighted by atomic mass is 9.91. The number of para-hydroxylation sites is 1. The number of allylic oxidation sites excluding steroid dienone is 2. The van der Waals surface area contributed by atoms with E-state index in [2.05, 4.69) is 20.0 Å². The van der Waals surface area contributed by atoms with Crippen LogP contribution in [0.25, 0.3) is 11.6 Å². The summed E-state index contributed by atoms with van der Waals surface area (Å²) >= 11 is 0. The maximum absolute atomic E-state index is 13.7. The van der Waals surface area contributed by atoms with Crippen LogP contribution in [0.4, 0.5) is 17.1 Å². The van der Waals surface area contributed by atoms with Gasteiger partial charge in [-0.25, -0.2) is 0 Å². The molecule has 4 fully saturated rings. The van der Waals surface area contributed by atoms with Crippen molar-refractivity contribution in [3.63, 3.8) is 0 Å². The monoisotopic (exact) mass is 919 g/mol. The smallest absolute Gasteiger partial charge is 0.269 e. The number of carbonyl (C=O) groups is 5. The molecule has 10 rings (SSSR count). The zero-order chi connectivity index (χ0) is 46.9. The van der Waals surface area contributed by atoms with Crippen molar-refractivity contribution in [2.45, 2.75) is 69.4 Å². The maximum Gasteiger partial charge on any atom is 0.269 e. The van der Waals surface area contributed by atoms with E-state index < -0.39 is 34.6 Å². The molecular formula is C52H53N7O9. The Hall–Kier alpha value is -7.01. The van der Waals surface area contributed by atoms with Crippen LogP contribution >= 0.6 is 0 Å². The van der Waals surface area contributed by atoms with Crippen molar-refractivity contribution in [1.29, 1.82) is 0 Å². The first-order valence-corrected chi connectivity index (χ1v) is 23.5. The van der Waals surface area contributed by atoms with Crippen molar-refractivity contribution in [3.8, 4) is 5.75 Å². The fourth-order valence-corrected chi connectivity index (χ4v) is 10.1. The van der Waals surface area contributed by atoms with E-state index in [4.69, 9.17) is 9.47 Å². The summed E-state index contributed by atoms with van der Waals surface area (Å²) in [6.45, 7) is 7.81. The molecule has 1 atom stereocenters. The van der Waals surface area contributed by atoms with Crippen LogP contribution in [0.3, 0.4) is 0 Å². The lowest BCUT2D eigenvalue weighted by Crippen LogP contribution is -2.54. The van der Waals surface area contributed by atoms with Crippen LogP contribution in [0, 0.1) is 10.1 Å². The predicted molar refractivity (Wildman–Crippen MR) is 254 cm³/mol. The second-order valence-electron chi connectivity index (χ2n) is 18.4. The minimum Gasteiger partial charge on any atom is -0.490 e. The number of piperidine rings is 2. The van der Waals surface area contributed by atoms with Crippen molar-refractivity contribution in [2.75, 3.05) is 62.2 Å². The molecule has 3 saturated heterocycles. The average molecular weight is 920 g/mol. The summed E-state index contributed by atoms with van der Waals surface area (Å²) in [7, 11) is 0. The van der Waals surface area contributed by atoms with Gasteiger partial charge in [-0.1, -0.05) is 42.5 Å². The van der Waals surface area contributed by atoms with Gasteiger partial charge < -0.3 is 24.2 Å². The number of non-ortho nitro benzene ring substituents is 1. The standard InChI is InChI=1S/C52H53N7O9/c60-48-19-18-47(49(61)53-48)58-51(63)44-17-14-37(30-45(44)52(58)64)56-28-26-55(27-29-56)25-24-54-22-20-39(21-23-54)68-41-31-40(32-41)67-38-15-10-35(11-16-38)33-57-46-7-2-1-5-42(46)43(50(57)62)6-3-4-34-8-12-36(13-9-34)59(65)66/h1-17,30,39-41,47H,18-29,31-33H2,(H,53,60,61)/b4-3+,43-6+/t40-,41-,47?. The van der Waals surface area contributed by atoms with Crippen LogP contribution in [-0.2, 0) is 25.7 Å². The molecule has 0 aromatic heterocycles. The van der Waals surface area contributed by atoms with E-state index in [1.165, 1.54) is 12.1 Å². The second-order valence-corrected chi connectivity index (χ2v) is 18.4. The third-order valence-corrected chi connectivity index (χ3v) is 14.0. The van der Waals surface area contributed by atoms with Crippen molar-refractivity contribution in [2.24, 2.45) is 0 Å². The first-order valence-electron chi connectivity index (χ1n) is 23.5. The number of likely N-dealkylation sites (tertiary alicyclic amines) is 1. The number of piperazine rings is 1. The maximum atomic E-state index is 13.7. The highest BCUT2D eigenvalue weighted by molar-refractivity contribution is 6.32. The van der Waals surface area contributed by atoms with Crippen molar-refractivity contribution in [1.82, 2.24) is 20.0 Å². The number of nitrogens with zero attached hydrogens (tertiary/aromatic N) is 6. The molecule has 4 aromatic carbocycles. The molecule has 1 unspecified atom stereocenters. The van der Waals surface area contributed by atoms with Crippen molar-refractivity contribution in [3.05, 3.63) is 141 Å². The Labute approximate surface area is 393 Å². The predicted octanol–water partition coefficient (Wildman–Crippen LogP) is 5.85. The lowest BCUT2D eigenvalue weighted by molar-refractivity contribution is -0.384. The molecular weight excluding hydrogens is 867 g/mol. The van der Waals surface area contributed by atoms with Crippen LogP contribution in [0.5, 0.6) is 5.75 Å². The Morgan fingerprint density at radius 3 is 2.13 bits per heavy atom. The number of rotatable bonds is 14. The summed E-state index contributed by atoms with van der Waals surface area (Å²) in [6, 6.07) is 26.3. The van der Waals surface area contributed by atoms with Gasteiger partial charge in [0.25, 0.3) is 23.4 Å². The van der Waals surface area contributed by atoms with E-state index in [1.807, 2.05) is 60.7 Å². The molecule has 16 nitrogen and oxygen atoms in total. The number of amides is 5. The zero-order valence-electron chi connectivity index (χ0n) is 37.7. The van der Waals surface area contributed by atoms with E-state index in [9.17, 15) is 34.1 Å². The molecule has 4 aromatic rings. The molecule has 16 heteroatoms. The van der Waals surface area contributed by atoms with Gasteiger partial charge in [-0.05, 0) is 85.0 Å². The molecule has 1 N–H and O–H groups in total. The van der Waals surface area contributed by atoms with E-state index in [0.717, 1.165) is 117 Å². The summed E-state index contributed by atoms with van der Waals surface area (Å²) in [5, 5.41) is 13.2. The number of hydrogen-bond acceptors (Lipinski definition) is 12. The van der Waals surface area contributed by atoms with Crippen LogP contribution in [0.1, 0.15) is 75.9 Å². The van der Waals surface area contributed by atoms with Crippen molar-refractivity contribution >= 4 is 58.2 Å². The van der Waals surface area contributed by atoms with Gasteiger partial charge in [0, 0.05) is 101 Å². The quantitative estimate of drug-likeness (QED) is 0.0693. The molecule has 6 aliphatic rings. The summed E-state index contributed by atoms with van der Waals surface area (Å²) in [5.41, 5.74) is 5.61. The van der Waals surface area contributed by atoms with E-state index in [-0.39, 0.29) is 42.7 Å². The number of benzene rings is 4. The van der Waals surface area contributed by atoms with Gasteiger partial charge >= 0.3 is 0 Å². The minimum absolute atomic E-state index is 0.0308. The molecule has 5 aliphatic heterocycles. The fourth-order valence-electron chi connectivity index (χ4n) is 10.1. The normalized spacial score (nSPS) is 23.1. The number of nitro benzene ring substituents is 1. The zero-order valence-corrected chi connectivity index (χ0v) is 37.7. The number of nitrogens with one attached hydrogen (secondary N) is 1. The Balaban J connectivity index is 0.621. The highest BCUT2D eigenvalue weighted by Gasteiger charge is 2.45. The van der Waals surface area contributed by atoms with Gasteiger partial charge in [-0.3, -0.25) is 49.2 Å². The number of carbonyl (C=O) groups excluding carboxylic acids is 5. The number of hydrogen-bond donors (Lipinski definition) is 1. The van der Waals surface area contributed by atoms with Gasteiger partial charge in [-0.2, -0.15) is 0 Å². The summed E-state index contributed by atoms with van der Waals surface area (Å²) < 4.78 is 12.8. The first-order chi connectivity index (χ1) is 33.0. The second kappa shape index (κ2) is 19.3. The molecule has 0 spiro atoms. The van der Waals surface area contributed by atoms with Gasteiger partial charge in [0.2, 0.25) is 11.8 Å². The number of imide groups is 2. The van der Waals surface area contributed by atoms with Crippen LogP contribution in [0.15, 0.2) is 103 Å². The minimum atomic E-state index is -0.973. The summed E-state index contributed by atoms with van der Waals surface area (Å²) in [6.07, 6.45) is 9.96. The van der Waals surface area contributed by atoms with Crippen molar-refractivity contribution < 1.29 is 38.4 Å². The molecule has 5 heterocycles. The molecule has 1 saturated carbocycles. The molecule has 5 amide bonds. The van der Waals surface area contributed by atoms with E-state index in [1.54, 1.807) is 41.3 Å². The van der Waals surface area contributed by atoms with Gasteiger partial charge in [-0.15, -0.1) is 0 Å². The third kappa shape index (κ3) is 9.44. The average Bonchev–Trinajstić information content (AvgIpc) is 3.75. The molecule has 1 aliphatic carbocycles. The highest BCUT2D eigenvalue weighted by Crippen LogP contribution is 2.38. The van der Waals surface area contributed by atoms with E-state index >= 15 is 0 Å². The Morgan fingerprint density at radius 1 is 0.706 bits per heavy atom. The summed E-state index contributed by atoms with van der Waals surface area (Å²) in [4.78, 5) is 84.8. The van der Waals surface area contributed by atoms with Crippen LogP contribution in [-0.4, -0.2) is 126 Å². The van der Waals surface area contributed by atoms with Gasteiger partial charge in [0.1, 0.15) is 17.9 Å². The molecule has 0 radical (unpaired) electrons. The third-order valence-electron chi connectivity index (χ3n) is 14.0. The highest BCUT2D eigenvalue weighted by atomic mass is 16.6. The van der Waals surface area contributed by atoms with Crippen LogP contribution in [0.2, 0.25) is 0 Å². The largest absolute Gasteiger partial charge is 0.490 e. The fraction of sp³-hybridized carbons (Fsp3) is 0.365. The molecule has 68 heavy (non-hydrogen) atoms. The summed E-state index contributed by atoms with van der Waals surface area (Å²) in [5.74, 6) is -1.26. The van der Waals surface area contributed by atoms with E-state index in [0.29, 0.717) is 23.2 Å². The Morgan fingerprint density at radius 2 is 1.41 bits per heavy atom. The molecule has 0 bridgehead atoms.